The number of amidine groups is 1. The highest BCUT2D eigenvalue weighted by Gasteiger charge is 2.26. The number of nitrogens with one attached hydrogen (secondary N) is 3. The summed E-state index contributed by atoms with van der Waals surface area (Å²) in [6, 6.07) is 4.17. The van der Waals surface area contributed by atoms with Crippen LogP contribution in [0.1, 0.15) is 73.9 Å². The van der Waals surface area contributed by atoms with Gasteiger partial charge in [-0.05, 0) is 41.6 Å². The van der Waals surface area contributed by atoms with Crippen LogP contribution < -0.4 is 10.6 Å². The van der Waals surface area contributed by atoms with E-state index in [1.54, 1.807) is 0 Å². The molecule has 2 aromatic rings. The Morgan fingerprint density at radius 3 is 2.80 bits per heavy atom. The van der Waals surface area contributed by atoms with Gasteiger partial charge >= 0.3 is 0 Å². The molecule has 9 heteroatoms. The Morgan fingerprint density at radius 2 is 2.00 bits per heavy atom. The van der Waals surface area contributed by atoms with Crippen LogP contribution in [0.5, 0.6) is 0 Å². The molecule has 0 radical (unpaired) electrons. The molecule has 1 atom stereocenters. The van der Waals surface area contributed by atoms with Gasteiger partial charge in [0.2, 0.25) is 0 Å². The van der Waals surface area contributed by atoms with E-state index in [-0.39, 0.29) is 6.29 Å². The third-order valence-electron chi connectivity index (χ3n) is 6.10. The zero-order valence-corrected chi connectivity index (χ0v) is 18.8. The summed E-state index contributed by atoms with van der Waals surface area (Å²) in [6.45, 7) is 0.575. The molecule has 5 rings (SSSR count). The first kappa shape index (κ1) is 19.8. The average Bonchev–Trinajstić information content (AvgIpc) is 3.31. The fourth-order valence-electron chi connectivity index (χ4n) is 4.19. The van der Waals surface area contributed by atoms with Crippen molar-refractivity contribution in [2.24, 2.45) is 4.99 Å². The number of hydrogen-bond acceptors (Lipinski definition) is 7. The van der Waals surface area contributed by atoms with Gasteiger partial charge in [0.15, 0.2) is 17.9 Å². The summed E-state index contributed by atoms with van der Waals surface area (Å²) >= 11 is 3.60. The predicted octanol–water partition coefficient (Wildman–Crippen LogP) is 4.39. The van der Waals surface area contributed by atoms with Crippen LogP contribution in [0.3, 0.4) is 0 Å². The lowest BCUT2D eigenvalue weighted by molar-refractivity contribution is 0.264. The number of aromatic amines is 1. The normalized spacial score (nSPS) is 22.7. The smallest absolute Gasteiger partial charge is 0.178 e. The van der Waals surface area contributed by atoms with Crippen LogP contribution in [0.2, 0.25) is 0 Å². The molecule has 0 bridgehead atoms. The summed E-state index contributed by atoms with van der Waals surface area (Å²) in [5.41, 5.74) is 2.29. The van der Waals surface area contributed by atoms with Crippen molar-refractivity contribution in [3.8, 4) is 0 Å². The van der Waals surface area contributed by atoms with E-state index < -0.39 is 0 Å². The molecule has 1 unspecified atom stereocenters. The number of aromatic nitrogens is 3. The quantitative estimate of drug-likeness (QED) is 0.575. The van der Waals surface area contributed by atoms with E-state index >= 15 is 0 Å². The van der Waals surface area contributed by atoms with Gasteiger partial charge in [-0.3, -0.25) is 10.4 Å². The number of rotatable bonds is 6. The molecule has 3 aliphatic rings. The summed E-state index contributed by atoms with van der Waals surface area (Å²) < 4.78 is 6.47. The minimum absolute atomic E-state index is 0.209. The molecule has 3 heterocycles. The van der Waals surface area contributed by atoms with Gasteiger partial charge in [-0.1, -0.05) is 24.4 Å². The number of H-pyrrole nitrogens is 1. The lowest BCUT2D eigenvalue weighted by Crippen LogP contribution is -2.43. The third-order valence-corrected chi connectivity index (χ3v) is 6.68. The molecule has 8 nitrogen and oxygen atoms in total. The van der Waals surface area contributed by atoms with Crippen LogP contribution in [0, 0.1) is 0 Å². The molecular formula is C21H28BrN7O. The first-order valence-corrected chi connectivity index (χ1v) is 11.6. The molecule has 1 aliphatic heterocycles. The molecule has 0 spiro atoms. The molecule has 3 N–H and O–H groups in total. The molecule has 160 valence electrons. The molecule has 30 heavy (non-hydrogen) atoms. The maximum Gasteiger partial charge on any atom is 0.178 e. The maximum absolute atomic E-state index is 5.58. The van der Waals surface area contributed by atoms with Crippen LogP contribution in [-0.2, 0) is 6.54 Å². The van der Waals surface area contributed by atoms with E-state index in [4.69, 9.17) is 9.52 Å². The SMILES string of the molecule is CN1C=C(Br)C(Nc2cc(C3CC3)[nH]n2)=NC1NCc1cc(C2CCCCC2)no1. The maximum atomic E-state index is 5.58. The molecule has 2 saturated carbocycles. The number of aliphatic imine (C=N–C) groups is 1. The zero-order chi connectivity index (χ0) is 20.5. The van der Waals surface area contributed by atoms with Gasteiger partial charge in [0.25, 0.3) is 0 Å². The van der Waals surface area contributed by atoms with Crippen LogP contribution >= 0.6 is 15.9 Å². The van der Waals surface area contributed by atoms with Crippen molar-refractivity contribution >= 4 is 27.6 Å². The number of anilines is 1. The Hall–Kier alpha value is -2.13. The summed E-state index contributed by atoms with van der Waals surface area (Å²) in [4.78, 5) is 6.83. The predicted molar refractivity (Wildman–Crippen MR) is 119 cm³/mol. The minimum Gasteiger partial charge on any atom is -0.360 e. The second-order valence-electron chi connectivity index (χ2n) is 8.54. The van der Waals surface area contributed by atoms with Crippen molar-refractivity contribution in [2.45, 2.75) is 69.6 Å². The van der Waals surface area contributed by atoms with Gasteiger partial charge in [0.05, 0.1) is 16.7 Å². The topological polar surface area (TPSA) is 94.4 Å². The Balaban J connectivity index is 1.21. The molecule has 0 saturated heterocycles. The van der Waals surface area contributed by atoms with Gasteiger partial charge in [-0.25, -0.2) is 4.99 Å². The summed E-state index contributed by atoms with van der Waals surface area (Å²) in [7, 11) is 1.99. The number of hydrogen-bond donors (Lipinski definition) is 3. The van der Waals surface area contributed by atoms with Crippen molar-refractivity contribution < 1.29 is 4.52 Å². The Labute approximate surface area is 184 Å². The lowest BCUT2D eigenvalue weighted by atomic mass is 9.87. The van der Waals surface area contributed by atoms with E-state index in [0.29, 0.717) is 18.4 Å². The monoisotopic (exact) mass is 473 g/mol. The van der Waals surface area contributed by atoms with Gasteiger partial charge in [0.1, 0.15) is 5.84 Å². The second-order valence-corrected chi connectivity index (χ2v) is 9.39. The molecule has 2 aliphatic carbocycles. The van der Waals surface area contributed by atoms with Crippen LogP contribution in [0.25, 0.3) is 0 Å². The van der Waals surface area contributed by atoms with Gasteiger partial charge in [-0.2, -0.15) is 5.10 Å². The average molecular weight is 474 g/mol. The van der Waals surface area contributed by atoms with Crippen LogP contribution in [-0.4, -0.2) is 39.4 Å². The lowest BCUT2D eigenvalue weighted by Gasteiger charge is -2.29. The van der Waals surface area contributed by atoms with Gasteiger partial charge in [0, 0.05) is 42.9 Å². The first-order valence-electron chi connectivity index (χ1n) is 10.8. The van der Waals surface area contributed by atoms with E-state index in [9.17, 15) is 0 Å². The highest BCUT2D eigenvalue weighted by molar-refractivity contribution is 9.12. The Morgan fingerprint density at radius 1 is 1.17 bits per heavy atom. The number of nitrogens with zero attached hydrogens (tertiary/aromatic N) is 4. The standard InChI is InChI=1S/C21H28BrN7O/c1-29-12-16(22)20(24-19-10-17(26-27-19)14-7-8-14)25-21(29)23-11-15-9-18(28-30-15)13-5-3-2-4-6-13/h9-10,12-14,21,23H,2-8,11H2,1H3,(H2,24,25,26,27). The van der Waals surface area contributed by atoms with E-state index in [1.807, 2.05) is 18.1 Å². The Bertz CT molecular complexity index is 939. The molecule has 2 aromatic heterocycles. The van der Waals surface area contributed by atoms with E-state index in [2.05, 4.69) is 54.1 Å². The highest BCUT2D eigenvalue weighted by atomic mass is 79.9. The molecular weight excluding hydrogens is 446 g/mol. The van der Waals surface area contributed by atoms with Crippen molar-refractivity contribution in [3.63, 3.8) is 0 Å². The molecule has 0 amide bonds. The fraction of sp³-hybridized carbons (Fsp3) is 0.571. The van der Waals surface area contributed by atoms with Crippen molar-refractivity contribution in [1.82, 2.24) is 25.6 Å². The van der Waals surface area contributed by atoms with Crippen molar-refractivity contribution in [1.29, 1.82) is 0 Å². The molecule has 2 fully saturated rings. The van der Waals surface area contributed by atoms with Crippen molar-refractivity contribution in [2.75, 3.05) is 12.4 Å². The highest BCUT2D eigenvalue weighted by Crippen LogP contribution is 2.39. The number of halogens is 1. The summed E-state index contributed by atoms with van der Waals surface area (Å²) in [6.07, 6.45) is 10.7. The summed E-state index contributed by atoms with van der Waals surface area (Å²) in [5, 5.41) is 18.6. The second kappa shape index (κ2) is 8.55. The third kappa shape index (κ3) is 4.46. The van der Waals surface area contributed by atoms with Crippen LogP contribution in [0.15, 0.2) is 32.3 Å². The van der Waals surface area contributed by atoms with Gasteiger partial charge < -0.3 is 14.7 Å². The van der Waals surface area contributed by atoms with E-state index in [0.717, 1.165) is 27.6 Å². The molecule has 0 aromatic carbocycles. The zero-order valence-electron chi connectivity index (χ0n) is 17.2. The van der Waals surface area contributed by atoms with Gasteiger partial charge in [-0.15, -0.1) is 0 Å². The fourth-order valence-corrected chi connectivity index (χ4v) is 4.71. The largest absolute Gasteiger partial charge is 0.360 e. The first-order chi connectivity index (χ1) is 14.7. The van der Waals surface area contributed by atoms with E-state index in [1.165, 1.54) is 50.6 Å². The summed E-state index contributed by atoms with van der Waals surface area (Å²) in [5.74, 6) is 3.58. The van der Waals surface area contributed by atoms with Crippen molar-refractivity contribution in [3.05, 3.63) is 40.0 Å². The van der Waals surface area contributed by atoms with Crippen LogP contribution in [0.4, 0.5) is 5.82 Å². The minimum atomic E-state index is -0.209. The Kier molecular flexibility index (Phi) is 5.64.